The fourth-order valence-electron chi connectivity index (χ4n) is 2.43. The summed E-state index contributed by atoms with van der Waals surface area (Å²) < 4.78 is 7.04. The van der Waals surface area contributed by atoms with E-state index in [4.69, 9.17) is 4.74 Å². The molecule has 2 heterocycles. The highest BCUT2D eigenvalue weighted by Crippen LogP contribution is 2.13. The molecule has 0 aliphatic heterocycles. The van der Waals surface area contributed by atoms with Gasteiger partial charge in [-0.15, -0.1) is 0 Å². The fraction of sp³-hybridized carbons (Fsp3) is 0.150. The summed E-state index contributed by atoms with van der Waals surface area (Å²) in [6.07, 6.45) is 6.49. The highest BCUT2D eigenvalue weighted by atomic mass is 16.5. The molecule has 0 atom stereocenters. The number of anilines is 1. The Kier molecular flexibility index (Phi) is 5.12. The minimum absolute atomic E-state index is 0.200. The van der Waals surface area contributed by atoms with Crippen molar-refractivity contribution in [3.63, 3.8) is 0 Å². The standard InChI is InChI=1S/C20H19N3O3/c1-14(2)26-20(25)15-6-5-7-16(12-15)22-19(24)10-9-17-13-21-18-8-3-4-11-23(17)18/h3-14H,1-2H3,(H,22,24)/b10-9+. The van der Waals surface area contributed by atoms with Gasteiger partial charge in [0, 0.05) is 18.0 Å². The molecule has 1 aromatic carbocycles. The molecule has 0 spiro atoms. The molecule has 6 heteroatoms. The van der Waals surface area contributed by atoms with Gasteiger partial charge in [0.1, 0.15) is 5.65 Å². The van der Waals surface area contributed by atoms with Crippen molar-refractivity contribution in [2.75, 3.05) is 5.32 Å². The molecule has 0 saturated carbocycles. The van der Waals surface area contributed by atoms with Gasteiger partial charge in [0.2, 0.25) is 5.91 Å². The quantitative estimate of drug-likeness (QED) is 0.565. The first kappa shape index (κ1) is 17.4. The van der Waals surface area contributed by atoms with E-state index in [0.29, 0.717) is 11.3 Å². The number of hydrogen-bond donors (Lipinski definition) is 1. The minimum atomic E-state index is -0.419. The number of esters is 1. The Labute approximate surface area is 151 Å². The average Bonchev–Trinajstić information content (AvgIpc) is 3.03. The number of amides is 1. The number of rotatable bonds is 5. The second-order valence-electron chi connectivity index (χ2n) is 5.97. The molecule has 0 saturated heterocycles. The van der Waals surface area contributed by atoms with Crippen LogP contribution in [-0.2, 0) is 9.53 Å². The number of benzene rings is 1. The topological polar surface area (TPSA) is 72.7 Å². The van der Waals surface area contributed by atoms with E-state index < -0.39 is 5.97 Å². The largest absolute Gasteiger partial charge is 0.459 e. The number of carbonyl (C=O) groups excluding carboxylic acids is 2. The van der Waals surface area contributed by atoms with Crippen LogP contribution in [-0.4, -0.2) is 27.4 Å². The van der Waals surface area contributed by atoms with E-state index in [1.54, 1.807) is 50.4 Å². The smallest absolute Gasteiger partial charge is 0.338 e. The molecule has 1 N–H and O–H groups in total. The molecular weight excluding hydrogens is 330 g/mol. The maximum atomic E-state index is 12.2. The predicted octanol–water partition coefficient (Wildman–Crippen LogP) is 3.55. The average molecular weight is 349 g/mol. The van der Waals surface area contributed by atoms with Crippen molar-refractivity contribution in [2.45, 2.75) is 20.0 Å². The second-order valence-corrected chi connectivity index (χ2v) is 5.97. The summed E-state index contributed by atoms with van der Waals surface area (Å²) in [5.41, 5.74) is 2.52. The van der Waals surface area contributed by atoms with Gasteiger partial charge in [-0.25, -0.2) is 9.78 Å². The number of imidazole rings is 1. The molecule has 0 radical (unpaired) electrons. The summed E-state index contributed by atoms with van der Waals surface area (Å²) >= 11 is 0. The molecule has 0 fully saturated rings. The van der Waals surface area contributed by atoms with Crippen LogP contribution in [0.15, 0.2) is 60.9 Å². The van der Waals surface area contributed by atoms with Crippen LogP contribution in [0.5, 0.6) is 0 Å². The maximum absolute atomic E-state index is 12.2. The zero-order valence-electron chi connectivity index (χ0n) is 14.5. The van der Waals surface area contributed by atoms with Crippen molar-refractivity contribution < 1.29 is 14.3 Å². The normalized spacial score (nSPS) is 11.2. The number of fused-ring (bicyclic) bond motifs is 1. The van der Waals surface area contributed by atoms with E-state index in [1.807, 2.05) is 28.8 Å². The molecule has 3 rings (SSSR count). The molecule has 1 amide bonds. The van der Waals surface area contributed by atoms with Crippen molar-refractivity contribution in [1.82, 2.24) is 9.38 Å². The number of nitrogens with zero attached hydrogens (tertiary/aromatic N) is 2. The van der Waals surface area contributed by atoms with E-state index >= 15 is 0 Å². The van der Waals surface area contributed by atoms with Crippen LogP contribution < -0.4 is 5.32 Å². The Morgan fingerprint density at radius 3 is 2.85 bits per heavy atom. The molecule has 132 valence electrons. The first-order chi connectivity index (χ1) is 12.5. The van der Waals surface area contributed by atoms with Gasteiger partial charge in [0.05, 0.1) is 23.6 Å². The lowest BCUT2D eigenvalue weighted by Crippen LogP contribution is -2.13. The molecule has 6 nitrogen and oxygen atoms in total. The van der Waals surface area contributed by atoms with Crippen molar-refractivity contribution in [2.24, 2.45) is 0 Å². The first-order valence-corrected chi connectivity index (χ1v) is 8.25. The minimum Gasteiger partial charge on any atom is -0.459 e. The molecule has 0 unspecified atom stereocenters. The Balaban J connectivity index is 1.69. The predicted molar refractivity (Wildman–Crippen MR) is 99.8 cm³/mol. The number of ether oxygens (including phenoxy) is 1. The zero-order valence-corrected chi connectivity index (χ0v) is 14.5. The van der Waals surface area contributed by atoms with Crippen LogP contribution in [0.3, 0.4) is 0 Å². The number of nitrogens with one attached hydrogen (secondary N) is 1. The second kappa shape index (κ2) is 7.65. The molecule has 0 aliphatic rings. The van der Waals surface area contributed by atoms with Gasteiger partial charge < -0.3 is 14.5 Å². The summed E-state index contributed by atoms with van der Waals surface area (Å²) in [6.45, 7) is 3.57. The van der Waals surface area contributed by atoms with Gasteiger partial charge in [0.15, 0.2) is 0 Å². The number of hydrogen-bond acceptors (Lipinski definition) is 4. The van der Waals surface area contributed by atoms with Crippen LogP contribution in [0.1, 0.15) is 29.9 Å². The highest BCUT2D eigenvalue weighted by molar-refractivity contribution is 6.02. The SMILES string of the molecule is CC(C)OC(=O)c1cccc(NC(=O)/C=C/c2cnc3ccccn23)c1. The summed E-state index contributed by atoms with van der Waals surface area (Å²) in [4.78, 5) is 28.4. The molecular formula is C20H19N3O3. The van der Waals surface area contributed by atoms with Crippen molar-refractivity contribution >= 4 is 29.3 Å². The van der Waals surface area contributed by atoms with Gasteiger partial charge in [-0.05, 0) is 50.3 Å². The van der Waals surface area contributed by atoms with E-state index in [0.717, 1.165) is 11.3 Å². The van der Waals surface area contributed by atoms with Gasteiger partial charge in [0.25, 0.3) is 0 Å². The summed E-state index contributed by atoms with van der Waals surface area (Å²) in [5, 5.41) is 2.74. The lowest BCUT2D eigenvalue weighted by molar-refractivity contribution is -0.111. The molecule has 2 aromatic heterocycles. The van der Waals surface area contributed by atoms with Crippen molar-refractivity contribution in [1.29, 1.82) is 0 Å². The van der Waals surface area contributed by atoms with Crippen LogP contribution in [0.25, 0.3) is 11.7 Å². The third-order valence-electron chi connectivity index (χ3n) is 3.56. The zero-order chi connectivity index (χ0) is 18.5. The van der Waals surface area contributed by atoms with Gasteiger partial charge in [-0.3, -0.25) is 4.79 Å². The van der Waals surface area contributed by atoms with Crippen LogP contribution >= 0.6 is 0 Å². The van der Waals surface area contributed by atoms with Crippen LogP contribution in [0.4, 0.5) is 5.69 Å². The Bertz CT molecular complexity index is 973. The molecule has 0 bridgehead atoms. The Morgan fingerprint density at radius 2 is 2.04 bits per heavy atom. The monoisotopic (exact) mass is 349 g/mol. The summed E-state index contributed by atoms with van der Waals surface area (Å²) in [5.74, 6) is -0.720. The van der Waals surface area contributed by atoms with E-state index in [9.17, 15) is 9.59 Å². The number of carbonyl (C=O) groups is 2. The molecule has 3 aromatic rings. The summed E-state index contributed by atoms with van der Waals surface area (Å²) in [7, 11) is 0. The van der Waals surface area contributed by atoms with Crippen molar-refractivity contribution in [3.05, 3.63) is 72.2 Å². The Morgan fingerprint density at radius 1 is 1.19 bits per heavy atom. The lowest BCUT2D eigenvalue weighted by atomic mass is 10.2. The third-order valence-corrected chi connectivity index (χ3v) is 3.56. The van der Waals surface area contributed by atoms with Crippen LogP contribution in [0.2, 0.25) is 0 Å². The summed E-state index contributed by atoms with van der Waals surface area (Å²) in [6, 6.07) is 12.3. The van der Waals surface area contributed by atoms with E-state index in [2.05, 4.69) is 10.3 Å². The number of pyridine rings is 1. The maximum Gasteiger partial charge on any atom is 0.338 e. The lowest BCUT2D eigenvalue weighted by Gasteiger charge is -2.09. The number of aromatic nitrogens is 2. The Hall–Kier alpha value is -3.41. The molecule has 26 heavy (non-hydrogen) atoms. The van der Waals surface area contributed by atoms with E-state index in [1.165, 1.54) is 6.08 Å². The van der Waals surface area contributed by atoms with Gasteiger partial charge in [-0.2, -0.15) is 0 Å². The molecule has 0 aliphatic carbocycles. The highest BCUT2D eigenvalue weighted by Gasteiger charge is 2.10. The van der Waals surface area contributed by atoms with Crippen LogP contribution in [0, 0.1) is 0 Å². The first-order valence-electron chi connectivity index (χ1n) is 8.25. The van der Waals surface area contributed by atoms with Gasteiger partial charge in [-0.1, -0.05) is 12.1 Å². The fourth-order valence-corrected chi connectivity index (χ4v) is 2.43. The van der Waals surface area contributed by atoms with Gasteiger partial charge >= 0.3 is 5.97 Å². The third kappa shape index (κ3) is 4.16. The van der Waals surface area contributed by atoms with Crippen molar-refractivity contribution in [3.8, 4) is 0 Å². The van der Waals surface area contributed by atoms with E-state index in [-0.39, 0.29) is 12.0 Å².